The Morgan fingerprint density at radius 3 is 2.60 bits per heavy atom. The van der Waals surface area contributed by atoms with Crippen LogP contribution in [-0.4, -0.2) is 61.1 Å². The van der Waals surface area contributed by atoms with E-state index < -0.39 is 10.0 Å². The molecule has 140 valence electrons. The second-order valence-electron chi connectivity index (χ2n) is 6.78. The van der Waals surface area contributed by atoms with Crippen molar-refractivity contribution in [2.75, 3.05) is 26.4 Å². The van der Waals surface area contributed by atoms with Gasteiger partial charge in [0.1, 0.15) is 5.75 Å². The fourth-order valence-corrected chi connectivity index (χ4v) is 3.61. The summed E-state index contributed by atoms with van der Waals surface area (Å²) in [6.45, 7) is 0.973. The Bertz CT molecular complexity index is 673. The first kappa shape index (κ1) is 19.7. The molecule has 0 aliphatic carbocycles. The van der Waals surface area contributed by atoms with E-state index in [1.807, 2.05) is 17.0 Å². The Hall–Kier alpha value is -1.60. The van der Waals surface area contributed by atoms with Gasteiger partial charge in [-0.25, -0.2) is 12.7 Å². The van der Waals surface area contributed by atoms with Crippen LogP contribution in [0.1, 0.15) is 37.7 Å². The molecule has 1 aromatic rings. The van der Waals surface area contributed by atoms with Crippen LogP contribution in [0.4, 0.5) is 0 Å². The molecule has 0 radical (unpaired) electrons. The lowest BCUT2D eigenvalue weighted by molar-refractivity contribution is -0.135. The average Bonchev–Trinajstić information content (AvgIpc) is 2.58. The van der Waals surface area contributed by atoms with E-state index >= 15 is 0 Å². The number of carbonyl (C=O) groups is 1. The number of nitrogens with zero attached hydrogens (tertiary/aromatic N) is 2. The smallest absolute Gasteiger partial charge is 0.224 e. The monoisotopic (exact) mass is 368 g/mol. The Balaban J connectivity index is 1.90. The summed E-state index contributed by atoms with van der Waals surface area (Å²) in [7, 11) is -1.75. The highest BCUT2D eigenvalue weighted by molar-refractivity contribution is 7.88. The van der Waals surface area contributed by atoms with Gasteiger partial charge in [-0.05, 0) is 49.8 Å². The summed E-state index contributed by atoms with van der Waals surface area (Å²) in [5.74, 6) is 0.291. The van der Waals surface area contributed by atoms with Crippen LogP contribution in [0.3, 0.4) is 0 Å². The summed E-state index contributed by atoms with van der Waals surface area (Å²) < 4.78 is 24.1. The van der Waals surface area contributed by atoms with Gasteiger partial charge in [-0.1, -0.05) is 12.1 Å². The fraction of sp³-hybridized carbons (Fsp3) is 0.611. The number of carbonyl (C=O) groups excluding carboxylic acids is 1. The zero-order valence-electron chi connectivity index (χ0n) is 15.0. The van der Waals surface area contributed by atoms with Crippen LogP contribution in [-0.2, 0) is 21.2 Å². The fourth-order valence-electron chi connectivity index (χ4n) is 3.19. The minimum absolute atomic E-state index is 0.0332. The maximum absolute atomic E-state index is 12.6. The third-order valence-electron chi connectivity index (χ3n) is 4.86. The first-order chi connectivity index (χ1) is 11.8. The zero-order chi connectivity index (χ0) is 18.4. The number of piperidine rings is 1. The van der Waals surface area contributed by atoms with E-state index in [9.17, 15) is 18.3 Å². The SMILES string of the molecule is CN(CCC(=O)N1CCCC[C@H]1CCc1ccc(O)cc1)S(C)(=O)=O. The number of aryl methyl sites for hydroxylation is 1. The molecule has 1 N–H and O–H groups in total. The Morgan fingerprint density at radius 2 is 1.96 bits per heavy atom. The van der Waals surface area contributed by atoms with E-state index in [1.54, 1.807) is 12.1 Å². The van der Waals surface area contributed by atoms with Crippen LogP contribution in [0.2, 0.25) is 0 Å². The van der Waals surface area contributed by atoms with Crippen LogP contribution in [0, 0.1) is 0 Å². The van der Waals surface area contributed by atoms with Crippen LogP contribution < -0.4 is 0 Å². The molecule has 2 rings (SSSR count). The van der Waals surface area contributed by atoms with Gasteiger partial charge < -0.3 is 10.0 Å². The third kappa shape index (κ3) is 6.01. The molecule has 6 nitrogen and oxygen atoms in total. The number of aromatic hydroxyl groups is 1. The van der Waals surface area contributed by atoms with Crippen LogP contribution >= 0.6 is 0 Å². The molecule has 0 spiro atoms. The summed E-state index contributed by atoms with van der Waals surface area (Å²) in [5.41, 5.74) is 1.15. The molecule has 1 amide bonds. The first-order valence-electron chi connectivity index (χ1n) is 8.76. The van der Waals surface area contributed by atoms with Crippen LogP contribution in [0.25, 0.3) is 0 Å². The van der Waals surface area contributed by atoms with E-state index in [0.717, 1.165) is 50.5 Å². The number of sulfonamides is 1. The molecule has 0 unspecified atom stereocenters. The molecule has 0 saturated carbocycles. The molecule has 1 fully saturated rings. The summed E-state index contributed by atoms with van der Waals surface area (Å²) >= 11 is 0. The maximum Gasteiger partial charge on any atom is 0.224 e. The molecule has 1 heterocycles. The molecule has 7 heteroatoms. The largest absolute Gasteiger partial charge is 0.508 e. The number of phenolic OH excluding ortho intramolecular Hbond substituents is 1. The topological polar surface area (TPSA) is 77.9 Å². The predicted molar refractivity (Wildman–Crippen MR) is 97.9 cm³/mol. The highest BCUT2D eigenvalue weighted by atomic mass is 32.2. The van der Waals surface area contributed by atoms with E-state index in [4.69, 9.17) is 0 Å². The quantitative estimate of drug-likeness (QED) is 0.798. The Kier molecular flexibility index (Phi) is 6.84. The second kappa shape index (κ2) is 8.67. The minimum Gasteiger partial charge on any atom is -0.508 e. The lowest BCUT2D eigenvalue weighted by atomic mass is 9.95. The summed E-state index contributed by atoms with van der Waals surface area (Å²) in [4.78, 5) is 14.5. The average molecular weight is 368 g/mol. The van der Waals surface area contributed by atoms with E-state index in [2.05, 4.69) is 0 Å². The molecular formula is C18H28N2O4S. The van der Waals surface area contributed by atoms with Crippen molar-refractivity contribution in [1.29, 1.82) is 0 Å². The van der Waals surface area contributed by atoms with Crippen molar-refractivity contribution in [1.82, 2.24) is 9.21 Å². The third-order valence-corrected chi connectivity index (χ3v) is 6.17. The van der Waals surface area contributed by atoms with Gasteiger partial charge in [0.05, 0.1) is 6.26 Å². The van der Waals surface area contributed by atoms with Gasteiger partial charge in [-0.2, -0.15) is 0 Å². The van der Waals surface area contributed by atoms with Crippen molar-refractivity contribution in [2.24, 2.45) is 0 Å². The summed E-state index contributed by atoms with van der Waals surface area (Å²) in [6.07, 6.45) is 6.23. The van der Waals surface area contributed by atoms with Crippen molar-refractivity contribution in [2.45, 2.75) is 44.6 Å². The Labute approximate surface area is 150 Å². The van der Waals surface area contributed by atoms with E-state index in [-0.39, 0.29) is 30.7 Å². The van der Waals surface area contributed by atoms with Crippen molar-refractivity contribution < 1.29 is 18.3 Å². The number of likely N-dealkylation sites (tertiary alicyclic amines) is 1. The molecule has 0 bridgehead atoms. The van der Waals surface area contributed by atoms with Gasteiger partial charge >= 0.3 is 0 Å². The normalized spacial score (nSPS) is 18.5. The number of rotatable bonds is 7. The van der Waals surface area contributed by atoms with Gasteiger partial charge in [0, 0.05) is 32.6 Å². The van der Waals surface area contributed by atoms with Crippen molar-refractivity contribution >= 4 is 15.9 Å². The van der Waals surface area contributed by atoms with Crippen LogP contribution in [0.5, 0.6) is 5.75 Å². The number of phenols is 1. The standard InChI is InChI=1S/C18H28N2O4S/c1-19(25(2,23)24)14-12-18(22)20-13-4-3-5-16(20)9-6-15-7-10-17(21)11-8-15/h7-8,10-11,16,21H,3-6,9,12-14H2,1-2H3/t16-/m0/s1. The molecule has 1 aliphatic rings. The number of hydrogen-bond donors (Lipinski definition) is 1. The number of hydrogen-bond acceptors (Lipinski definition) is 4. The molecule has 25 heavy (non-hydrogen) atoms. The number of amides is 1. The summed E-state index contributed by atoms with van der Waals surface area (Å²) in [6, 6.07) is 7.38. The maximum atomic E-state index is 12.6. The Morgan fingerprint density at radius 1 is 1.28 bits per heavy atom. The van der Waals surface area contributed by atoms with Crippen molar-refractivity contribution in [3.63, 3.8) is 0 Å². The highest BCUT2D eigenvalue weighted by Gasteiger charge is 2.26. The first-order valence-corrected chi connectivity index (χ1v) is 10.6. The van der Waals surface area contributed by atoms with Gasteiger partial charge in [0.15, 0.2) is 0 Å². The molecule has 1 saturated heterocycles. The lowest BCUT2D eigenvalue weighted by Crippen LogP contribution is -2.45. The number of benzene rings is 1. The van der Waals surface area contributed by atoms with E-state index in [0.29, 0.717) is 0 Å². The predicted octanol–water partition coefficient (Wildman–Crippen LogP) is 1.99. The minimum atomic E-state index is -3.25. The van der Waals surface area contributed by atoms with Gasteiger partial charge in [0.2, 0.25) is 15.9 Å². The van der Waals surface area contributed by atoms with E-state index in [1.165, 1.54) is 11.4 Å². The zero-order valence-corrected chi connectivity index (χ0v) is 15.8. The molecule has 1 atom stereocenters. The highest BCUT2D eigenvalue weighted by Crippen LogP contribution is 2.23. The van der Waals surface area contributed by atoms with Crippen LogP contribution in [0.15, 0.2) is 24.3 Å². The lowest BCUT2D eigenvalue weighted by Gasteiger charge is -2.36. The molecule has 1 aromatic carbocycles. The summed E-state index contributed by atoms with van der Waals surface area (Å²) in [5, 5.41) is 9.35. The van der Waals surface area contributed by atoms with Crippen molar-refractivity contribution in [3.8, 4) is 5.75 Å². The molecule has 1 aliphatic heterocycles. The van der Waals surface area contributed by atoms with Gasteiger partial charge in [-0.15, -0.1) is 0 Å². The van der Waals surface area contributed by atoms with Crippen molar-refractivity contribution in [3.05, 3.63) is 29.8 Å². The van der Waals surface area contributed by atoms with Gasteiger partial charge in [0.25, 0.3) is 0 Å². The molecule has 0 aromatic heterocycles. The second-order valence-corrected chi connectivity index (χ2v) is 8.87. The van der Waals surface area contributed by atoms with Gasteiger partial charge in [-0.3, -0.25) is 4.79 Å². The molecular weight excluding hydrogens is 340 g/mol.